The van der Waals surface area contributed by atoms with Crippen LogP contribution in [0.3, 0.4) is 0 Å². The first-order chi connectivity index (χ1) is 10.3. The average Bonchev–Trinajstić information content (AvgIpc) is 3.15. The molecule has 21 heavy (non-hydrogen) atoms. The Bertz CT molecular complexity index is 780. The Morgan fingerprint density at radius 2 is 2.19 bits per heavy atom. The first-order valence-electron chi connectivity index (χ1n) is 6.80. The fourth-order valence-electron chi connectivity index (χ4n) is 2.81. The normalized spacial score (nSPS) is 18.5. The molecule has 0 radical (unpaired) electrons. The van der Waals surface area contributed by atoms with E-state index < -0.39 is 0 Å². The number of hydrogen-bond acceptors (Lipinski definition) is 5. The summed E-state index contributed by atoms with van der Waals surface area (Å²) in [6, 6.07) is 2.35. The first kappa shape index (κ1) is 12.7. The van der Waals surface area contributed by atoms with E-state index in [1.54, 1.807) is 18.7 Å². The summed E-state index contributed by atoms with van der Waals surface area (Å²) in [7, 11) is 0. The minimum Gasteiger partial charge on any atom is -0.354 e. The molecule has 4 rings (SSSR count). The summed E-state index contributed by atoms with van der Waals surface area (Å²) in [5.41, 5.74) is 0.882. The Morgan fingerprint density at radius 3 is 3.05 bits per heavy atom. The van der Waals surface area contributed by atoms with Crippen molar-refractivity contribution in [2.75, 3.05) is 18.0 Å². The van der Waals surface area contributed by atoms with E-state index in [2.05, 4.69) is 40.9 Å². The molecule has 0 N–H and O–H groups in total. The standard InChI is InChI=1S/C14H13BrN6/c15-10-5-19-21(7-10)11-2-4-20(8-11)14-12-1-3-16-6-13(12)17-9-18-14/h1,3,5-7,9,11H,2,4,8H2. The van der Waals surface area contributed by atoms with Crippen LogP contribution >= 0.6 is 15.9 Å². The number of pyridine rings is 1. The summed E-state index contributed by atoms with van der Waals surface area (Å²) in [6.45, 7) is 1.87. The molecule has 1 aliphatic rings. The number of halogens is 1. The van der Waals surface area contributed by atoms with E-state index in [1.165, 1.54) is 0 Å². The molecule has 3 aromatic rings. The highest BCUT2D eigenvalue weighted by atomic mass is 79.9. The lowest BCUT2D eigenvalue weighted by atomic mass is 10.2. The lowest BCUT2D eigenvalue weighted by Gasteiger charge is -2.18. The van der Waals surface area contributed by atoms with Crippen LogP contribution in [0.25, 0.3) is 10.9 Å². The number of nitrogens with zero attached hydrogens (tertiary/aromatic N) is 6. The van der Waals surface area contributed by atoms with Gasteiger partial charge in [0.15, 0.2) is 0 Å². The molecule has 1 fully saturated rings. The van der Waals surface area contributed by atoms with E-state index in [9.17, 15) is 0 Å². The average molecular weight is 345 g/mol. The summed E-state index contributed by atoms with van der Waals surface area (Å²) in [5.74, 6) is 0.983. The summed E-state index contributed by atoms with van der Waals surface area (Å²) >= 11 is 3.45. The minimum atomic E-state index is 0.378. The maximum atomic E-state index is 4.47. The second-order valence-corrected chi connectivity index (χ2v) is 6.03. The highest BCUT2D eigenvalue weighted by Gasteiger charge is 2.26. The SMILES string of the molecule is Brc1cnn(C2CCN(c3ncnc4cnccc34)C2)c1. The number of rotatable bonds is 2. The molecular formula is C14H13BrN6. The Balaban J connectivity index is 1.65. The lowest BCUT2D eigenvalue weighted by Crippen LogP contribution is -2.22. The van der Waals surface area contributed by atoms with Gasteiger partial charge in [-0.15, -0.1) is 0 Å². The van der Waals surface area contributed by atoms with Crippen molar-refractivity contribution in [3.8, 4) is 0 Å². The van der Waals surface area contributed by atoms with E-state index in [4.69, 9.17) is 0 Å². The largest absolute Gasteiger partial charge is 0.354 e. The molecule has 4 heterocycles. The van der Waals surface area contributed by atoms with E-state index in [-0.39, 0.29) is 0 Å². The van der Waals surface area contributed by atoms with Crippen molar-refractivity contribution >= 4 is 32.7 Å². The van der Waals surface area contributed by atoms with Gasteiger partial charge in [0.05, 0.1) is 28.4 Å². The quantitative estimate of drug-likeness (QED) is 0.714. The van der Waals surface area contributed by atoms with Gasteiger partial charge in [-0.1, -0.05) is 0 Å². The molecule has 7 heteroatoms. The fraction of sp³-hybridized carbons (Fsp3) is 0.286. The molecule has 106 valence electrons. The van der Waals surface area contributed by atoms with Crippen LogP contribution in [0.2, 0.25) is 0 Å². The van der Waals surface area contributed by atoms with Crippen molar-refractivity contribution in [1.82, 2.24) is 24.7 Å². The van der Waals surface area contributed by atoms with Crippen molar-refractivity contribution in [3.63, 3.8) is 0 Å². The second kappa shape index (κ2) is 5.07. The van der Waals surface area contributed by atoms with Gasteiger partial charge in [-0.25, -0.2) is 9.97 Å². The maximum Gasteiger partial charge on any atom is 0.140 e. The van der Waals surface area contributed by atoms with E-state index in [1.807, 2.05) is 23.1 Å². The van der Waals surface area contributed by atoms with Crippen LogP contribution in [-0.2, 0) is 0 Å². The lowest BCUT2D eigenvalue weighted by molar-refractivity contribution is 0.494. The van der Waals surface area contributed by atoms with Gasteiger partial charge in [-0.05, 0) is 28.4 Å². The van der Waals surface area contributed by atoms with Crippen molar-refractivity contribution < 1.29 is 0 Å². The van der Waals surface area contributed by atoms with Crippen LogP contribution in [-0.4, -0.2) is 37.8 Å². The molecule has 0 bridgehead atoms. The molecule has 3 aromatic heterocycles. The summed E-state index contributed by atoms with van der Waals surface area (Å²) < 4.78 is 3.04. The molecule has 1 aliphatic heterocycles. The van der Waals surface area contributed by atoms with Crippen molar-refractivity contribution in [2.24, 2.45) is 0 Å². The zero-order valence-electron chi connectivity index (χ0n) is 11.2. The highest BCUT2D eigenvalue weighted by Crippen LogP contribution is 2.29. The highest BCUT2D eigenvalue weighted by molar-refractivity contribution is 9.10. The number of anilines is 1. The van der Waals surface area contributed by atoms with Gasteiger partial charge in [-0.2, -0.15) is 5.10 Å². The third kappa shape index (κ3) is 2.27. The molecule has 1 saturated heterocycles. The molecule has 6 nitrogen and oxygen atoms in total. The van der Waals surface area contributed by atoms with Crippen LogP contribution in [0.1, 0.15) is 12.5 Å². The molecule has 0 aromatic carbocycles. The van der Waals surface area contributed by atoms with Crippen molar-refractivity contribution in [2.45, 2.75) is 12.5 Å². The van der Waals surface area contributed by atoms with Crippen molar-refractivity contribution in [3.05, 3.63) is 41.7 Å². The van der Waals surface area contributed by atoms with Crippen LogP contribution in [0, 0.1) is 0 Å². The third-order valence-corrected chi connectivity index (χ3v) is 4.23. The van der Waals surface area contributed by atoms with Crippen LogP contribution in [0.4, 0.5) is 5.82 Å². The molecule has 1 atom stereocenters. The van der Waals surface area contributed by atoms with Gasteiger partial charge in [0, 0.05) is 30.9 Å². The predicted molar refractivity (Wildman–Crippen MR) is 83.1 cm³/mol. The van der Waals surface area contributed by atoms with Crippen LogP contribution in [0.15, 0.2) is 41.7 Å². The van der Waals surface area contributed by atoms with Crippen LogP contribution in [0.5, 0.6) is 0 Å². The van der Waals surface area contributed by atoms with Gasteiger partial charge >= 0.3 is 0 Å². The molecule has 0 saturated carbocycles. The smallest absolute Gasteiger partial charge is 0.140 e. The third-order valence-electron chi connectivity index (χ3n) is 3.82. The second-order valence-electron chi connectivity index (χ2n) is 5.12. The van der Waals surface area contributed by atoms with Gasteiger partial charge in [-0.3, -0.25) is 9.67 Å². The molecule has 1 unspecified atom stereocenters. The Hall–Kier alpha value is -2.02. The zero-order valence-corrected chi connectivity index (χ0v) is 12.8. The maximum absolute atomic E-state index is 4.47. The summed E-state index contributed by atoms with van der Waals surface area (Å²) in [6.07, 6.45) is 10.1. The molecule has 0 amide bonds. The van der Waals surface area contributed by atoms with Crippen LogP contribution < -0.4 is 4.90 Å². The Kier molecular flexibility index (Phi) is 3.07. The van der Waals surface area contributed by atoms with Gasteiger partial charge in [0.1, 0.15) is 12.1 Å². The van der Waals surface area contributed by atoms with Gasteiger partial charge < -0.3 is 4.90 Å². The first-order valence-corrected chi connectivity index (χ1v) is 7.60. The monoisotopic (exact) mass is 344 g/mol. The Labute approximate surface area is 130 Å². The van der Waals surface area contributed by atoms with E-state index in [0.717, 1.165) is 40.7 Å². The molecule has 0 aliphatic carbocycles. The van der Waals surface area contributed by atoms with E-state index in [0.29, 0.717) is 6.04 Å². The topological polar surface area (TPSA) is 59.7 Å². The van der Waals surface area contributed by atoms with E-state index >= 15 is 0 Å². The molecular weight excluding hydrogens is 332 g/mol. The van der Waals surface area contributed by atoms with Gasteiger partial charge in [0.2, 0.25) is 0 Å². The summed E-state index contributed by atoms with van der Waals surface area (Å²) in [4.78, 5) is 15.2. The fourth-order valence-corrected chi connectivity index (χ4v) is 3.11. The zero-order chi connectivity index (χ0) is 14.2. The summed E-state index contributed by atoms with van der Waals surface area (Å²) in [5, 5.41) is 5.44. The van der Waals surface area contributed by atoms with Gasteiger partial charge in [0.25, 0.3) is 0 Å². The molecule has 0 spiro atoms. The minimum absolute atomic E-state index is 0.378. The number of aromatic nitrogens is 5. The predicted octanol–water partition coefficient (Wildman–Crippen LogP) is 2.44. The number of fused-ring (bicyclic) bond motifs is 1. The number of hydrogen-bond donors (Lipinski definition) is 0. The van der Waals surface area contributed by atoms with Crippen molar-refractivity contribution in [1.29, 1.82) is 0 Å². The Morgan fingerprint density at radius 1 is 1.24 bits per heavy atom.